The number of aliphatic imine (C=N–C) groups is 1. The average molecular weight is 298 g/mol. The first kappa shape index (κ1) is 17.5. The van der Waals surface area contributed by atoms with Gasteiger partial charge in [-0.1, -0.05) is 6.08 Å². The molecule has 0 saturated carbocycles. The number of amides is 1. The molecular weight excluding hydrogens is 272 g/mol. The minimum atomic E-state index is -0.532. The summed E-state index contributed by atoms with van der Waals surface area (Å²) < 4.78 is 11.1. The number of ether oxygens (including phenoxy) is 2. The molecule has 1 amide bonds. The van der Waals surface area contributed by atoms with E-state index in [1.54, 1.807) is 20.2 Å². The van der Waals surface area contributed by atoms with E-state index in [0.29, 0.717) is 38.7 Å². The van der Waals surface area contributed by atoms with Crippen LogP contribution < -0.4 is 10.6 Å². The molecule has 0 aromatic carbocycles. The molecule has 21 heavy (non-hydrogen) atoms. The van der Waals surface area contributed by atoms with E-state index < -0.39 is 5.79 Å². The summed E-state index contributed by atoms with van der Waals surface area (Å²) in [5.74, 6) is -0.00783. The lowest BCUT2D eigenvalue weighted by atomic mass is 10.2. The van der Waals surface area contributed by atoms with Crippen LogP contribution in [0.15, 0.2) is 17.6 Å². The lowest BCUT2D eigenvalue weighted by Gasteiger charge is -2.22. The molecule has 1 fully saturated rings. The Hall–Kier alpha value is -1.60. The van der Waals surface area contributed by atoms with Gasteiger partial charge in [0.25, 0.3) is 0 Å². The van der Waals surface area contributed by atoms with E-state index in [0.717, 1.165) is 0 Å². The highest BCUT2D eigenvalue weighted by molar-refractivity contribution is 5.84. The summed E-state index contributed by atoms with van der Waals surface area (Å²) in [7, 11) is 3.41. The van der Waals surface area contributed by atoms with Gasteiger partial charge in [0.1, 0.15) is 6.54 Å². The van der Waals surface area contributed by atoms with Crippen molar-refractivity contribution in [3.05, 3.63) is 12.7 Å². The summed E-state index contributed by atoms with van der Waals surface area (Å²) in [4.78, 5) is 17.3. The molecule has 0 aromatic rings. The Bertz CT molecular complexity index is 376. The van der Waals surface area contributed by atoms with Crippen LogP contribution in [0.2, 0.25) is 0 Å². The number of carbonyl (C=O) groups excluding carboxylic acids is 1. The van der Waals surface area contributed by atoms with Gasteiger partial charge < -0.3 is 25.0 Å². The molecule has 0 bridgehead atoms. The van der Waals surface area contributed by atoms with Gasteiger partial charge in [-0.25, -0.2) is 4.99 Å². The first-order valence-corrected chi connectivity index (χ1v) is 7.08. The molecule has 1 aliphatic rings. The molecule has 7 nitrogen and oxygen atoms in total. The van der Waals surface area contributed by atoms with E-state index in [1.807, 2.05) is 6.92 Å². The quantitative estimate of drug-likeness (QED) is 0.391. The lowest BCUT2D eigenvalue weighted by Crippen LogP contribution is -2.41. The molecule has 1 aliphatic heterocycles. The fourth-order valence-corrected chi connectivity index (χ4v) is 1.74. The maximum absolute atomic E-state index is 11.6. The molecule has 7 heteroatoms. The highest BCUT2D eigenvalue weighted by Crippen LogP contribution is 2.21. The van der Waals surface area contributed by atoms with Gasteiger partial charge in [-0.3, -0.25) is 4.79 Å². The zero-order valence-electron chi connectivity index (χ0n) is 13.1. The summed E-state index contributed by atoms with van der Waals surface area (Å²) in [5, 5.41) is 6.23. The number of guanidine groups is 1. The highest BCUT2D eigenvalue weighted by Gasteiger charge is 2.30. The van der Waals surface area contributed by atoms with Crippen LogP contribution in [-0.4, -0.2) is 69.5 Å². The monoisotopic (exact) mass is 298 g/mol. The maximum Gasteiger partial charge on any atom is 0.243 e. The average Bonchev–Trinajstić information content (AvgIpc) is 2.87. The van der Waals surface area contributed by atoms with Crippen molar-refractivity contribution in [1.82, 2.24) is 15.5 Å². The van der Waals surface area contributed by atoms with Gasteiger partial charge in [0, 0.05) is 33.6 Å². The molecule has 0 radical (unpaired) electrons. The topological polar surface area (TPSA) is 75.2 Å². The maximum atomic E-state index is 11.6. The van der Waals surface area contributed by atoms with Crippen molar-refractivity contribution in [2.45, 2.75) is 19.1 Å². The number of nitrogens with one attached hydrogen (secondary N) is 2. The first-order chi connectivity index (χ1) is 9.97. The molecule has 0 unspecified atom stereocenters. The largest absolute Gasteiger partial charge is 0.356 e. The van der Waals surface area contributed by atoms with E-state index >= 15 is 0 Å². The second-order valence-corrected chi connectivity index (χ2v) is 5.13. The summed E-state index contributed by atoms with van der Waals surface area (Å²) in [5.41, 5.74) is 0. The van der Waals surface area contributed by atoms with Crippen LogP contribution in [0.4, 0.5) is 0 Å². The number of rotatable bonds is 7. The molecule has 0 aromatic heterocycles. The van der Waals surface area contributed by atoms with Gasteiger partial charge in [0.2, 0.25) is 5.91 Å². The van der Waals surface area contributed by atoms with Crippen LogP contribution in [0, 0.1) is 0 Å². The van der Waals surface area contributed by atoms with E-state index in [1.165, 1.54) is 4.90 Å². The zero-order chi connectivity index (χ0) is 15.7. The Labute approximate surface area is 126 Å². The number of carbonyl (C=O) groups is 1. The van der Waals surface area contributed by atoms with Crippen molar-refractivity contribution in [2.75, 3.05) is 46.9 Å². The molecular formula is C14H26N4O3. The molecule has 0 atom stereocenters. The van der Waals surface area contributed by atoms with Crippen LogP contribution in [0.5, 0.6) is 0 Å². The molecule has 1 rings (SSSR count). The summed E-state index contributed by atoms with van der Waals surface area (Å²) in [6, 6.07) is 0. The van der Waals surface area contributed by atoms with Crippen molar-refractivity contribution < 1.29 is 14.3 Å². The predicted octanol–water partition coefficient (Wildman–Crippen LogP) is -0.0511. The molecule has 0 aliphatic carbocycles. The molecule has 1 heterocycles. The molecule has 120 valence electrons. The van der Waals surface area contributed by atoms with Crippen LogP contribution in [0.3, 0.4) is 0 Å². The van der Waals surface area contributed by atoms with E-state index in [2.05, 4.69) is 22.2 Å². The van der Waals surface area contributed by atoms with Crippen LogP contribution >= 0.6 is 0 Å². The van der Waals surface area contributed by atoms with Gasteiger partial charge in [0.15, 0.2) is 11.7 Å². The van der Waals surface area contributed by atoms with E-state index in [-0.39, 0.29) is 12.5 Å². The summed E-state index contributed by atoms with van der Waals surface area (Å²) >= 11 is 0. The minimum absolute atomic E-state index is 0.0517. The van der Waals surface area contributed by atoms with Gasteiger partial charge in [0.05, 0.1) is 13.2 Å². The third-order valence-electron chi connectivity index (χ3n) is 3.05. The number of nitrogens with zero attached hydrogens (tertiary/aromatic N) is 2. The van der Waals surface area contributed by atoms with Crippen LogP contribution in [0.1, 0.15) is 13.3 Å². The summed E-state index contributed by atoms with van der Waals surface area (Å²) in [6.45, 7) is 8.14. The second-order valence-electron chi connectivity index (χ2n) is 5.13. The number of likely N-dealkylation sites (N-methyl/N-ethyl adjacent to an activating group) is 1. The van der Waals surface area contributed by atoms with Gasteiger partial charge in [-0.2, -0.15) is 0 Å². The molecule has 0 spiro atoms. The van der Waals surface area contributed by atoms with Gasteiger partial charge in [-0.15, -0.1) is 6.58 Å². The lowest BCUT2D eigenvalue weighted by molar-refractivity contribution is -0.145. The molecule has 2 N–H and O–H groups in total. The second kappa shape index (κ2) is 8.63. The standard InChI is InChI=1S/C14H26N4O3/c1-5-7-15-13(17-11-12(19)18(3)4)16-8-6-14(2)20-9-10-21-14/h5H,1,6-11H2,2-4H3,(H2,15,16,17). The fraction of sp³-hybridized carbons (Fsp3) is 0.714. The van der Waals surface area contributed by atoms with Crippen LogP contribution in [-0.2, 0) is 14.3 Å². The SMILES string of the molecule is C=CCNC(=NCC(=O)N(C)C)NCCC1(C)OCCO1. The van der Waals surface area contributed by atoms with Crippen molar-refractivity contribution in [3.63, 3.8) is 0 Å². The highest BCUT2D eigenvalue weighted by atomic mass is 16.7. The van der Waals surface area contributed by atoms with Crippen molar-refractivity contribution in [2.24, 2.45) is 4.99 Å². The van der Waals surface area contributed by atoms with Gasteiger partial charge in [-0.05, 0) is 6.92 Å². The first-order valence-electron chi connectivity index (χ1n) is 7.08. The van der Waals surface area contributed by atoms with E-state index in [4.69, 9.17) is 9.47 Å². The van der Waals surface area contributed by atoms with Crippen molar-refractivity contribution in [3.8, 4) is 0 Å². The van der Waals surface area contributed by atoms with Crippen molar-refractivity contribution in [1.29, 1.82) is 0 Å². The number of hydrogen-bond donors (Lipinski definition) is 2. The normalized spacial score (nSPS) is 17.4. The number of hydrogen-bond acceptors (Lipinski definition) is 4. The Morgan fingerprint density at radius 3 is 2.62 bits per heavy atom. The minimum Gasteiger partial charge on any atom is -0.356 e. The Balaban J connectivity index is 2.43. The Kier molecular flexibility index (Phi) is 7.18. The molecule has 1 saturated heterocycles. The van der Waals surface area contributed by atoms with Crippen molar-refractivity contribution >= 4 is 11.9 Å². The van der Waals surface area contributed by atoms with E-state index in [9.17, 15) is 4.79 Å². The van der Waals surface area contributed by atoms with Crippen LogP contribution in [0.25, 0.3) is 0 Å². The van der Waals surface area contributed by atoms with Gasteiger partial charge >= 0.3 is 0 Å². The Morgan fingerprint density at radius 2 is 2.05 bits per heavy atom. The third-order valence-corrected chi connectivity index (χ3v) is 3.05. The predicted molar refractivity (Wildman–Crippen MR) is 82.1 cm³/mol. The summed E-state index contributed by atoms with van der Waals surface area (Å²) in [6.07, 6.45) is 2.43. The Morgan fingerprint density at radius 1 is 1.38 bits per heavy atom. The zero-order valence-corrected chi connectivity index (χ0v) is 13.1. The smallest absolute Gasteiger partial charge is 0.243 e. The fourth-order valence-electron chi connectivity index (χ4n) is 1.74. The third kappa shape index (κ3) is 6.59.